The van der Waals surface area contributed by atoms with Gasteiger partial charge in [0.15, 0.2) is 0 Å². The number of aromatic nitrogens is 2. The molecule has 58 valence electrons. The fraction of sp³-hybridized carbons (Fsp3) is 0.250. The lowest BCUT2D eigenvalue weighted by Gasteiger charge is -2.19. The van der Waals surface area contributed by atoms with Gasteiger partial charge in [-0.2, -0.15) is 5.10 Å². The summed E-state index contributed by atoms with van der Waals surface area (Å²) in [6.07, 6.45) is 2.78. The Balaban J connectivity index is 2.96. The smallest absolute Gasteiger partial charge is 0.113 e. The first kappa shape index (κ1) is 7.87. The molecule has 0 aliphatic rings. The van der Waals surface area contributed by atoms with Crippen molar-refractivity contribution in [1.29, 1.82) is 0 Å². The van der Waals surface area contributed by atoms with E-state index in [1.165, 1.54) is 17.1 Å². The summed E-state index contributed by atoms with van der Waals surface area (Å²) in [5.41, 5.74) is 0. The minimum absolute atomic E-state index is 0.247. The second-order valence-electron chi connectivity index (χ2n) is 1.83. The molecule has 0 radical (unpaired) electrons. The first-order valence-corrected chi connectivity index (χ1v) is 4.84. The lowest BCUT2D eigenvalue weighted by molar-refractivity contribution is 0.507. The lowest BCUT2D eigenvalue weighted by Crippen LogP contribution is -1.87. The topological polar surface area (TPSA) is 58.3 Å². The van der Waals surface area contributed by atoms with Gasteiger partial charge in [-0.25, -0.2) is 0 Å². The van der Waals surface area contributed by atoms with Crippen LogP contribution in [0.2, 0.25) is 0 Å². The fourth-order valence-electron chi connectivity index (χ4n) is 0.533. The summed E-state index contributed by atoms with van der Waals surface area (Å²) in [4.78, 5) is 0.247. The summed E-state index contributed by atoms with van der Waals surface area (Å²) in [7, 11) is 3.79. The van der Waals surface area contributed by atoms with E-state index in [1.807, 2.05) is 0 Å². The third kappa shape index (κ3) is 1.63. The van der Waals surface area contributed by atoms with Crippen molar-refractivity contribution in [2.24, 2.45) is 7.05 Å². The average Bonchev–Trinajstić information content (AvgIpc) is 2.11. The number of hydrogen-bond donors (Lipinski definition) is 2. The molecule has 0 atom stereocenters. The predicted molar refractivity (Wildman–Crippen MR) is 40.2 cm³/mol. The van der Waals surface area contributed by atoms with E-state index < -0.39 is 9.80 Å². The van der Waals surface area contributed by atoms with Crippen LogP contribution >= 0.6 is 20.5 Å². The molecule has 1 aromatic heterocycles. The maximum Gasteiger partial charge on any atom is 0.113 e. The van der Waals surface area contributed by atoms with Crippen molar-refractivity contribution in [3.63, 3.8) is 0 Å². The van der Waals surface area contributed by atoms with Gasteiger partial charge in [-0.3, -0.25) is 13.8 Å². The van der Waals surface area contributed by atoms with Gasteiger partial charge in [0.2, 0.25) is 0 Å². The molecular formula is C4H7ClN2O2S. The minimum atomic E-state index is -3.09. The van der Waals surface area contributed by atoms with Gasteiger partial charge in [-0.15, -0.1) is 0 Å². The molecule has 1 rings (SSSR count). The van der Waals surface area contributed by atoms with E-state index in [0.29, 0.717) is 0 Å². The Morgan fingerprint density at radius 1 is 1.70 bits per heavy atom. The largest absolute Gasteiger partial charge is 0.281 e. The Morgan fingerprint density at radius 3 is 2.50 bits per heavy atom. The summed E-state index contributed by atoms with van der Waals surface area (Å²) >= 11 is 0. The summed E-state index contributed by atoms with van der Waals surface area (Å²) < 4.78 is 19.2. The standard InChI is InChI=1S/C4H7ClN2O2S/c1-7-3-4(2-6-7)10(5,8)9/h2-3,8-9H,1H3. The Kier molecular flexibility index (Phi) is 1.91. The van der Waals surface area contributed by atoms with Crippen LogP contribution in [0.3, 0.4) is 0 Å². The van der Waals surface area contributed by atoms with Crippen molar-refractivity contribution in [3.8, 4) is 0 Å². The summed E-state index contributed by atoms with van der Waals surface area (Å²) in [6, 6.07) is 0. The first-order chi connectivity index (χ1) is 4.50. The Bertz CT molecular complexity index is 231. The molecule has 2 N–H and O–H groups in total. The van der Waals surface area contributed by atoms with Crippen molar-refractivity contribution in [1.82, 2.24) is 9.78 Å². The monoisotopic (exact) mass is 182 g/mol. The SMILES string of the molecule is Cn1cc(S(O)(O)Cl)cn1. The van der Waals surface area contributed by atoms with E-state index in [9.17, 15) is 0 Å². The van der Waals surface area contributed by atoms with Gasteiger partial charge in [0.25, 0.3) is 0 Å². The maximum atomic E-state index is 8.85. The molecule has 6 heteroatoms. The van der Waals surface area contributed by atoms with E-state index in [4.69, 9.17) is 19.8 Å². The highest BCUT2D eigenvalue weighted by Crippen LogP contribution is 2.52. The molecule has 0 amide bonds. The number of hydrogen-bond acceptors (Lipinski definition) is 3. The number of rotatable bonds is 1. The Morgan fingerprint density at radius 2 is 2.30 bits per heavy atom. The Hall–Kier alpha value is -0.230. The summed E-state index contributed by atoms with van der Waals surface area (Å²) in [6.45, 7) is 0. The van der Waals surface area contributed by atoms with Crippen molar-refractivity contribution >= 4 is 20.5 Å². The highest BCUT2D eigenvalue weighted by molar-refractivity contribution is 8.43. The lowest BCUT2D eigenvalue weighted by atomic mass is 10.7. The molecule has 0 aliphatic carbocycles. The first-order valence-electron chi connectivity index (χ1n) is 2.46. The second-order valence-corrected chi connectivity index (χ2v) is 4.55. The van der Waals surface area contributed by atoms with E-state index >= 15 is 0 Å². The van der Waals surface area contributed by atoms with Crippen LogP contribution < -0.4 is 0 Å². The van der Waals surface area contributed by atoms with Crippen LogP contribution in [0, 0.1) is 0 Å². The van der Waals surface area contributed by atoms with Gasteiger partial charge in [0, 0.05) is 23.9 Å². The van der Waals surface area contributed by atoms with Crippen LogP contribution in [0.5, 0.6) is 0 Å². The van der Waals surface area contributed by atoms with Gasteiger partial charge in [-0.05, 0) is 0 Å². The van der Waals surface area contributed by atoms with Crippen molar-refractivity contribution in [2.45, 2.75) is 4.90 Å². The van der Waals surface area contributed by atoms with Crippen LogP contribution in [0.25, 0.3) is 0 Å². The third-order valence-electron chi connectivity index (χ3n) is 0.981. The average molecular weight is 183 g/mol. The molecule has 4 nitrogen and oxygen atoms in total. The quantitative estimate of drug-likeness (QED) is 0.695. The molecule has 0 fully saturated rings. The maximum absolute atomic E-state index is 8.85. The number of halogens is 1. The zero-order valence-electron chi connectivity index (χ0n) is 5.23. The summed E-state index contributed by atoms with van der Waals surface area (Å²) in [5.74, 6) is 0. The zero-order chi connectivity index (χ0) is 7.78. The van der Waals surface area contributed by atoms with Gasteiger partial charge >= 0.3 is 0 Å². The molecular weight excluding hydrogens is 176 g/mol. The Labute approximate surface area is 64.3 Å². The number of nitrogens with zero attached hydrogens (tertiary/aromatic N) is 2. The minimum Gasteiger partial charge on any atom is -0.281 e. The fourth-order valence-corrected chi connectivity index (χ4v) is 1.24. The van der Waals surface area contributed by atoms with E-state index in [0.717, 1.165) is 0 Å². The van der Waals surface area contributed by atoms with Gasteiger partial charge in [0.05, 0.1) is 6.20 Å². The van der Waals surface area contributed by atoms with Crippen molar-refractivity contribution < 1.29 is 9.11 Å². The van der Waals surface area contributed by atoms with Crippen molar-refractivity contribution in [3.05, 3.63) is 12.4 Å². The second kappa shape index (κ2) is 2.43. The molecule has 1 aromatic rings. The van der Waals surface area contributed by atoms with Crippen LogP contribution in [0.4, 0.5) is 0 Å². The van der Waals surface area contributed by atoms with Gasteiger partial charge < -0.3 is 0 Å². The molecule has 1 heterocycles. The normalized spacial score (nSPS) is 13.6. The van der Waals surface area contributed by atoms with Crippen LogP contribution in [-0.2, 0) is 7.05 Å². The molecule has 0 saturated heterocycles. The molecule has 0 spiro atoms. The van der Waals surface area contributed by atoms with Gasteiger partial charge in [0.1, 0.15) is 4.90 Å². The van der Waals surface area contributed by atoms with E-state index in [2.05, 4.69) is 5.10 Å². The van der Waals surface area contributed by atoms with Crippen LogP contribution in [0.1, 0.15) is 0 Å². The predicted octanol–water partition coefficient (Wildman–Crippen LogP) is 1.68. The molecule has 10 heavy (non-hydrogen) atoms. The highest BCUT2D eigenvalue weighted by Gasteiger charge is 2.12. The van der Waals surface area contributed by atoms with Crippen LogP contribution in [-0.4, -0.2) is 18.9 Å². The van der Waals surface area contributed by atoms with E-state index in [1.54, 1.807) is 7.05 Å². The molecule has 0 unspecified atom stereocenters. The van der Waals surface area contributed by atoms with E-state index in [-0.39, 0.29) is 4.90 Å². The summed E-state index contributed by atoms with van der Waals surface area (Å²) in [5, 5.41) is 3.72. The molecule has 0 bridgehead atoms. The van der Waals surface area contributed by atoms with Gasteiger partial charge in [-0.1, -0.05) is 9.80 Å². The molecule has 0 aliphatic heterocycles. The zero-order valence-corrected chi connectivity index (χ0v) is 6.80. The highest BCUT2D eigenvalue weighted by atomic mass is 35.7. The van der Waals surface area contributed by atoms with Crippen LogP contribution in [0.15, 0.2) is 17.3 Å². The molecule has 0 aromatic carbocycles. The third-order valence-corrected chi connectivity index (χ3v) is 2.33. The van der Waals surface area contributed by atoms with Crippen molar-refractivity contribution in [2.75, 3.05) is 0 Å². The number of aryl methyl sites for hydroxylation is 1. The molecule has 0 saturated carbocycles.